The highest BCUT2D eigenvalue weighted by molar-refractivity contribution is 5.54. The highest BCUT2D eigenvalue weighted by Gasteiger charge is 2.31. The molecule has 0 N–H and O–H groups in total. The van der Waals surface area contributed by atoms with E-state index in [0.29, 0.717) is 19.3 Å². The van der Waals surface area contributed by atoms with Crippen LogP contribution >= 0.6 is 0 Å². The van der Waals surface area contributed by atoms with Gasteiger partial charge >= 0.3 is 0 Å². The predicted molar refractivity (Wildman–Crippen MR) is 34.2 cm³/mol. The number of carbonyl (C=O) groups is 1. The Bertz CT molecular complexity index is 157. The molecule has 0 unspecified atom stereocenters. The fourth-order valence-electron chi connectivity index (χ4n) is 1.31. The molecule has 4 heteroatoms. The predicted octanol–water partition coefficient (Wildman–Crippen LogP) is 0.631. The van der Waals surface area contributed by atoms with Crippen LogP contribution in [0, 0.1) is 16.0 Å². The number of rotatable bonds is 2. The second-order valence-corrected chi connectivity index (χ2v) is 2.65. The normalized spacial score (nSPS) is 32.0. The van der Waals surface area contributed by atoms with E-state index in [-0.39, 0.29) is 10.8 Å². The van der Waals surface area contributed by atoms with Crippen LogP contribution in [0.25, 0.3) is 0 Å². The third kappa shape index (κ3) is 1.32. The molecule has 0 amide bonds. The number of hydrogen-bond donors (Lipinski definition) is 0. The van der Waals surface area contributed by atoms with Gasteiger partial charge in [-0.1, -0.05) is 0 Å². The molecule has 0 aromatic heterocycles. The van der Waals surface area contributed by atoms with E-state index >= 15 is 0 Å². The van der Waals surface area contributed by atoms with Gasteiger partial charge in [-0.3, -0.25) is 10.1 Å². The lowest BCUT2D eigenvalue weighted by molar-refractivity contribution is -0.520. The van der Waals surface area contributed by atoms with E-state index in [1.807, 2.05) is 0 Å². The van der Waals surface area contributed by atoms with E-state index in [1.165, 1.54) is 0 Å². The topological polar surface area (TPSA) is 60.2 Å². The van der Waals surface area contributed by atoms with Crippen molar-refractivity contribution in [1.82, 2.24) is 0 Å². The maximum atomic E-state index is 10.2. The van der Waals surface area contributed by atoms with Crippen LogP contribution in [0.3, 0.4) is 0 Å². The zero-order valence-electron chi connectivity index (χ0n) is 5.53. The number of nitrogens with zero attached hydrogens (tertiary/aromatic N) is 1. The fourth-order valence-corrected chi connectivity index (χ4v) is 1.31. The lowest BCUT2D eigenvalue weighted by Crippen LogP contribution is -2.15. The first-order chi connectivity index (χ1) is 4.74. The van der Waals surface area contributed by atoms with Gasteiger partial charge in [0.25, 0.3) is 0 Å². The molecule has 1 aliphatic rings. The van der Waals surface area contributed by atoms with Crippen molar-refractivity contribution < 1.29 is 9.72 Å². The molecule has 4 nitrogen and oxygen atoms in total. The molecule has 56 valence electrons. The van der Waals surface area contributed by atoms with Gasteiger partial charge < -0.3 is 4.79 Å². The number of carbonyl (C=O) groups excluding carboxylic acids is 1. The van der Waals surface area contributed by atoms with E-state index in [0.717, 1.165) is 6.29 Å². The molecule has 1 rings (SSSR count). The maximum absolute atomic E-state index is 10.2. The Kier molecular flexibility index (Phi) is 1.99. The number of hydrogen-bond acceptors (Lipinski definition) is 3. The monoisotopic (exact) mass is 143 g/mol. The summed E-state index contributed by atoms with van der Waals surface area (Å²) in [4.78, 5) is 20.0. The molecule has 0 aromatic carbocycles. The van der Waals surface area contributed by atoms with Crippen molar-refractivity contribution in [2.75, 3.05) is 0 Å². The van der Waals surface area contributed by atoms with Crippen LogP contribution in [-0.4, -0.2) is 17.3 Å². The molecule has 10 heavy (non-hydrogen) atoms. The molecule has 2 atom stereocenters. The smallest absolute Gasteiger partial charge is 0.213 e. The van der Waals surface area contributed by atoms with Gasteiger partial charge in [0, 0.05) is 23.7 Å². The summed E-state index contributed by atoms with van der Waals surface area (Å²) in [5.74, 6) is -0.0598. The minimum atomic E-state index is -0.463. The first kappa shape index (κ1) is 7.18. The minimum absolute atomic E-state index is 0.0598. The van der Waals surface area contributed by atoms with Crippen molar-refractivity contribution >= 4 is 6.29 Å². The summed E-state index contributed by atoms with van der Waals surface area (Å²) in [6.45, 7) is 0. The Labute approximate surface area is 58.4 Å². The Hall–Kier alpha value is -0.930. The highest BCUT2D eigenvalue weighted by atomic mass is 16.6. The Balaban J connectivity index is 2.42. The van der Waals surface area contributed by atoms with Gasteiger partial charge in [-0.25, -0.2) is 0 Å². The summed E-state index contributed by atoms with van der Waals surface area (Å²) in [5, 5.41) is 10.2. The van der Waals surface area contributed by atoms with Gasteiger partial charge in [0.15, 0.2) is 0 Å². The second-order valence-electron chi connectivity index (χ2n) is 2.65. The van der Waals surface area contributed by atoms with Crippen LogP contribution in [0.1, 0.15) is 19.3 Å². The molecular weight excluding hydrogens is 134 g/mol. The van der Waals surface area contributed by atoms with Crippen LogP contribution in [0.2, 0.25) is 0 Å². The lowest BCUT2D eigenvalue weighted by Gasteiger charge is -1.97. The summed E-state index contributed by atoms with van der Waals surface area (Å²) in [7, 11) is 0. The molecule has 0 spiro atoms. The van der Waals surface area contributed by atoms with Crippen LogP contribution in [0.4, 0.5) is 0 Å². The third-order valence-corrected chi connectivity index (χ3v) is 1.94. The summed E-state index contributed by atoms with van der Waals surface area (Å²) in [6, 6.07) is -0.463. The van der Waals surface area contributed by atoms with Gasteiger partial charge in [0.05, 0.1) is 0 Å². The van der Waals surface area contributed by atoms with E-state index in [2.05, 4.69) is 0 Å². The molecule has 0 bridgehead atoms. The van der Waals surface area contributed by atoms with Gasteiger partial charge in [0.1, 0.15) is 6.29 Å². The molecule has 1 saturated carbocycles. The quantitative estimate of drug-likeness (QED) is 0.323. The minimum Gasteiger partial charge on any atom is -0.303 e. The van der Waals surface area contributed by atoms with E-state index in [9.17, 15) is 14.9 Å². The first-order valence-corrected chi connectivity index (χ1v) is 3.33. The molecule has 0 aliphatic heterocycles. The van der Waals surface area contributed by atoms with E-state index < -0.39 is 6.04 Å². The zero-order valence-corrected chi connectivity index (χ0v) is 5.53. The molecule has 0 heterocycles. The van der Waals surface area contributed by atoms with Crippen LogP contribution in [0.5, 0.6) is 0 Å². The maximum Gasteiger partial charge on any atom is 0.213 e. The summed E-state index contributed by atoms with van der Waals surface area (Å²) in [5.41, 5.74) is 0. The molecule has 0 aromatic rings. The summed E-state index contributed by atoms with van der Waals surface area (Å²) < 4.78 is 0. The SMILES string of the molecule is O=C[C@H]1CC[C@@H]([N+](=O)[O-])C1. The fraction of sp³-hybridized carbons (Fsp3) is 0.833. The third-order valence-electron chi connectivity index (χ3n) is 1.94. The van der Waals surface area contributed by atoms with E-state index in [1.54, 1.807) is 0 Å². The van der Waals surface area contributed by atoms with Gasteiger partial charge in [-0.15, -0.1) is 0 Å². The highest BCUT2D eigenvalue weighted by Crippen LogP contribution is 2.25. The van der Waals surface area contributed by atoms with Gasteiger partial charge in [0.2, 0.25) is 6.04 Å². The lowest BCUT2D eigenvalue weighted by atomic mass is 10.1. The van der Waals surface area contributed by atoms with Crippen molar-refractivity contribution in [3.8, 4) is 0 Å². The standard InChI is InChI=1S/C6H9NO3/c8-4-5-1-2-6(3-5)7(9)10/h4-6H,1-3H2/t5-,6+/m0/s1. The first-order valence-electron chi connectivity index (χ1n) is 3.33. The summed E-state index contributed by atoms with van der Waals surface area (Å²) >= 11 is 0. The van der Waals surface area contributed by atoms with E-state index in [4.69, 9.17) is 0 Å². The van der Waals surface area contributed by atoms with Gasteiger partial charge in [-0.2, -0.15) is 0 Å². The molecule has 0 radical (unpaired) electrons. The largest absolute Gasteiger partial charge is 0.303 e. The van der Waals surface area contributed by atoms with Crippen LogP contribution in [0.15, 0.2) is 0 Å². The Morgan fingerprint density at radius 1 is 1.50 bits per heavy atom. The van der Waals surface area contributed by atoms with Gasteiger partial charge in [-0.05, 0) is 6.42 Å². The number of aldehydes is 1. The summed E-state index contributed by atoms with van der Waals surface area (Å²) in [6.07, 6.45) is 2.52. The zero-order chi connectivity index (χ0) is 7.56. The van der Waals surface area contributed by atoms with Crippen molar-refractivity contribution in [2.24, 2.45) is 5.92 Å². The molecule has 1 fully saturated rings. The van der Waals surface area contributed by atoms with Crippen molar-refractivity contribution in [3.05, 3.63) is 10.1 Å². The van der Waals surface area contributed by atoms with Crippen LogP contribution < -0.4 is 0 Å². The molecule has 0 saturated heterocycles. The second kappa shape index (κ2) is 2.77. The van der Waals surface area contributed by atoms with Crippen molar-refractivity contribution in [2.45, 2.75) is 25.3 Å². The van der Waals surface area contributed by atoms with Crippen molar-refractivity contribution in [1.29, 1.82) is 0 Å². The molecule has 1 aliphatic carbocycles. The number of nitro groups is 1. The van der Waals surface area contributed by atoms with Crippen LogP contribution in [-0.2, 0) is 4.79 Å². The molecular formula is C6H9NO3. The average Bonchev–Trinajstić information content (AvgIpc) is 2.34. The Morgan fingerprint density at radius 3 is 2.50 bits per heavy atom. The average molecular weight is 143 g/mol. The van der Waals surface area contributed by atoms with Crippen molar-refractivity contribution in [3.63, 3.8) is 0 Å². The Morgan fingerprint density at radius 2 is 2.20 bits per heavy atom.